The number of rotatable bonds is 9. The van der Waals surface area contributed by atoms with Crippen molar-refractivity contribution in [1.29, 1.82) is 0 Å². The van der Waals surface area contributed by atoms with Gasteiger partial charge in [0.1, 0.15) is 6.54 Å². The molecule has 1 saturated heterocycles. The van der Waals surface area contributed by atoms with Crippen molar-refractivity contribution in [2.45, 2.75) is 19.0 Å². The fraction of sp³-hybridized carbons (Fsp3) is 0.391. The summed E-state index contributed by atoms with van der Waals surface area (Å²) in [5.41, 5.74) is 1.99. The molecule has 2 aromatic carbocycles. The van der Waals surface area contributed by atoms with Crippen molar-refractivity contribution in [3.05, 3.63) is 54.1 Å². The number of nitrogens with one attached hydrogen (secondary N) is 3. The van der Waals surface area contributed by atoms with Crippen LogP contribution >= 0.6 is 0 Å². The first-order valence-corrected chi connectivity index (χ1v) is 10.4. The molecule has 3 N–H and O–H groups in total. The van der Waals surface area contributed by atoms with E-state index in [-0.39, 0.29) is 24.4 Å². The van der Waals surface area contributed by atoms with Crippen LogP contribution in [-0.4, -0.2) is 58.9 Å². The van der Waals surface area contributed by atoms with Gasteiger partial charge >= 0.3 is 6.03 Å². The molecule has 8 nitrogen and oxygen atoms in total. The number of amides is 3. The van der Waals surface area contributed by atoms with Crippen LogP contribution in [-0.2, 0) is 11.3 Å². The minimum atomic E-state index is -0.250. The molecule has 31 heavy (non-hydrogen) atoms. The monoisotopic (exact) mass is 427 g/mol. The maximum atomic E-state index is 12.5. The number of urea groups is 1. The number of hydrogen-bond acceptors (Lipinski definition) is 4. The highest BCUT2D eigenvalue weighted by Gasteiger charge is 2.32. The van der Waals surface area contributed by atoms with E-state index in [1.807, 2.05) is 24.3 Å². The Balaban J connectivity index is 1.44. The zero-order valence-corrected chi connectivity index (χ0v) is 18.3. The summed E-state index contributed by atoms with van der Waals surface area (Å²) < 4.78 is 10.6. The third kappa shape index (κ3) is 6.11. The van der Waals surface area contributed by atoms with Crippen LogP contribution in [0, 0.1) is 0 Å². The van der Waals surface area contributed by atoms with Crippen molar-refractivity contribution in [2.24, 2.45) is 0 Å². The molecule has 1 aliphatic heterocycles. The second-order valence-corrected chi connectivity index (χ2v) is 7.71. The van der Waals surface area contributed by atoms with Crippen molar-refractivity contribution >= 4 is 17.6 Å². The number of ether oxygens (including phenoxy) is 2. The Hall–Kier alpha value is -3.26. The van der Waals surface area contributed by atoms with E-state index in [2.05, 4.69) is 29.8 Å². The Bertz CT molecular complexity index is 890. The van der Waals surface area contributed by atoms with Crippen LogP contribution in [0.4, 0.5) is 10.5 Å². The van der Waals surface area contributed by atoms with Crippen LogP contribution in [0.2, 0.25) is 0 Å². The third-order valence-electron chi connectivity index (χ3n) is 5.33. The lowest BCUT2D eigenvalue weighted by molar-refractivity contribution is -0.892. The third-order valence-corrected chi connectivity index (χ3v) is 5.33. The highest BCUT2D eigenvalue weighted by atomic mass is 16.5. The predicted octanol–water partition coefficient (Wildman–Crippen LogP) is 0.823. The smallest absolute Gasteiger partial charge is 0.315 e. The van der Waals surface area contributed by atoms with Gasteiger partial charge in [-0.05, 0) is 12.1 Å². The van der Waals surface area contributed by atoms with Crippen LogP contribution in [0.1, 0.15) is 12.0 Å². The minimum absolute atomic E-state index is 0.0374. The van der Waals surface area contributed by atoms with Crippen molar-refractivity contribution in [2.75, 3.05) is 45.8 Å². The van der Waals surface area contributed by atoms with Gasteiger partial charge in [-0.2, -0.15) is 0 Å². The standard InChI is InChI=1S/C23H30N4O4/c1-26(15-17-7-5-4-6-8-17)12-11-24-23(29)25-18-13-22(28)27(16-18)19-9-10-20(30-2)21(14-19)31-3/h4-10,14,18H,11-13,15-16H2,1-3H3,(H2,24,25,29)/p+1/t18-/m1/s1. The lowest BCUT2D eigenvalue weighted by atomic mass is 10.2. The molecule has 2 atom stereocenters. The summed E-state index contributed by atoms with van der Waals surface area (Å²) in [6.07, 6.45) is 0.265. The van der Waals surface area contributed by atoms with E-state index in [1.54, 1.807) is 31.3 Å². The average Bonchev–Trinajstić information content (AvgIpc) is 3.13. The van der Waals surface area contributed by atoms with E-state index in [1.165, 1.54) is 10.5 Å². The number of quaternary nitrogens is 1. The molecule has 0 aromatic heterocycles. The summed E-state index contributed by atoms with van der Waals surface area (Å²) in [7, 11) is 5.22. The number of likely N-dealkylation sites (N-methyl/N-ethyl adjacent to an activating group) is 1. The summed E-state index contributed by atoms with van der Waals surface area (Å²) in [4.78, 5) is 27.7. The molecule has 2 aromatic rings. The number of nitrogens with zero attached hydrogens (tertiary/aromatic N) is 1. The molecule has 1 heterocycles. The average molecular weight is 428 g/mol. The van der Waals surface area contributed by atoms with Gasteiger partial charge in [-0.25, -0.2) is 4.79 Å². The van der Waals surface area contributed by atoms with Gasteiger partial charge in [0.2, 0.25) is 5.91 Å². The van der Waals surface area contributed by atoms with Gasteiger partial charge in [0.05, 0.1) is 40.4 Å². The first kappa shape index (κ1) is 22.4. The van der Waals surface area contributed by atoms with Gasteiger partial charge in [-0.15, -0.1) is 0 Å². The molecule has 3 rings (SSSR count). The molecule has 1 aliphatic rings. The highest BCUT2D eigenvalue weighted by molar-refractivity contribution is 5.97. The normalized spacial score (nSPS) is 16.7. The van der Waals surface area contributed by atoms with Crippen molar-refractivity contribution in [3.8, 4) is 11.5 Å². The first-order chi connectivity index (χ1) is 15.0. The van der Waals surface area contributed by atoms with E-state index in [0.717, 1.165) is 18.8 Å². The topological polar surface area (TPSA) is 84.3 Å². The van der Waals surface area contributed by atoms with Gasteiger partial charge in [-0.1, -0.05) is 30.3 Å². The Kier molecular flexibility index (Phi) is 7.72. The molecule has 1 unspecified atom stereocenters. The van der Waals surface area contributed by atoms with Crippen LogP contribution in [0.3, 0.4) is 0 Å². The van der Waals surface area contributed by atoms with E-state index in [4.69, 9.17) is 9.47 Å². The quantitative estimate of drug-likeness (QED) is 0.553. The van der Waals surface area contributed by atoms with Crippen LogP contribution in [0.15, 0.2) is 48.5 Å². The molecular formula is C23H31N4O4+. The zero-order valence-electron chi connectivity index (χ0n) is 18.3. The molecule has 166 valence electrons. The fourth-order valence-electron chi connectivity index (χ4n) is 3.71. The zero-order chi connectivity index (χ0) is 22.2. The van der Waals surface area contributed by atoms with Gasteiger partial charge < -0.3 is 29.9 Å². The van der Waals surface area contributed by atoms with Crippen molar-refractivity contribution in [1.82, 2.24) is 10.6 Å². The predicted molar refractivity (Wildman–Crippen MR) is 119 cm³/mol. The van der Waals surface area contributed by atoms with Crippen molar-refractivity contribution < 1.29 is 24.0 Å². The molecular weight excluding hydrogens is 396 g/mol. The van der Waals surface area contributed by atoms with Gasteiger partial charge in [0.25, 0.3) is 0 Å². The van der Waals surface area contributed by atoms with E-state index in [9.17, 15) is 9.59 Å². The van der Waals surface area contributed by atoms with E-state index < -0.39 is 0 Å². The SMILES string of the molecule is COc1ccc(N2C[C@H](NC(=O)NCC[NH+](C)Cc3ccccc3)CC2=O)cc1OC. The number of benzene rings is 2. The maximum absolute atomic E-state index is 12.5. The summed E-state index contributed by atoms with van der Waals surface area (Å²) in [5, 5.41) is 5.80. The Morgan fingerprint density at radius 1 is 1.13 bits per heavy atom. The molecule has 0 aliphatic carbocycles. The summed E-state index contributed by atoms with van der Waals surface area (Å²) in [6.45, 7) is 2.69. The Morgan fingerprint density at radius 3 is 2.58 bits per heavy atom. The number of carbonyl (C=O) groups is 2. The van der Waals surface area contributed by atoms with E-state index in [0.29, 0.717) is 24.6 Å². The maximum Gasteiger partial charge on any atom is 0.315 e. The van der Waals surface area contributed by atoms with Gasteiger partial charge in [-0.3, -0.25) is 4.79 Å². The number of hydrogen-bond donors (Lipinski definition) is 3. The van der Waals surface area contributed by atoms with E-state index >= 15 is 0 Å². The number of anilines is 1. The minimum Gasteiger partial charge on any atom is -0.493 e. The summed E-state index contributed by atoms with van der Waals surface area (Å²) >= 11 is 0. The lowest BCUT2D eigenvalue weighted by Gasteiger charge is -2.19. The molecule has 0 radical (unpaired) electrons. The van der Waals surface area contributed by atoms with Crippen LogP contribution in [0.25, 0.3) is 0 Å². The second-order valence-electron chi connectivity index (χ2n) is 7.71. The molecule has 0 saturated carbocycles. The number of carbonyl (C=O) groups excluding carboxylic acids is 2. The lowest BCUT2D eigenvalue weighted by Crippen LogP contribution is -3.08. The molecule has 0 spiro atoms. The number of methoxy groups -OCH3 is 2. The summed E-state index contributed by atoms with van der Waals surface area (Å²) in [6, 6.07) is 15.1. The van der Waals surface area contributed by atoms with Crippen LogP contribution in [0.5, 0.6) is 11.5 Å². The van der Waals surface area contributed by atoms with Gasteiger partial charge in [0.15, 0.2) is 11.5 Å². The molecule has 0 bridgehead atoms. The highest BCUT2D eigenvalue weighted by Crippen LogP contribution is 2.33. The Labute approximate surface area is 183 Å². The van der Waals surface area contributed by atoms with Gasteiger partial charge in [0, 0.05) is 30.3 Å². The van der Waals surface area contributed by atoms with Crippen LogP contribution < -0.4 is 29.9 Å². The first-order valence-electron chi connectivity index (χ1n) is 10.4. The second kappa shape index (κ2) is 10.7. The molecule has 3 amide bonds. The molecule has 8 heteroatoms. The van der Waals surface area contributed by atoms with Crippen molar-refractivity contribution in [3.63, 3.8) is 0 Å². The fourth-order valence-corrected chi connectivity index (χ4v) is 3.71. The Morgan fingerprint density at radius 2 is 1.87 bits per heavy atom. The largest absolute Gasteiger partial charge is 0.493 e. The molecule has 1 fully saturated rings. The summed E-state index contributed by atoms with van der Waals surface area (Å²) in [5.74, 6) is 1.12.